The largest absolute Gasteiger partial charge is 0.324 e. The number of hydrogen-bond acceptors (Lipinski definition) is 3. The molecule has 0 saturated heterocycles. The summed E-state index contributed by atoms with van der Waals surface area (Å²) in [7, 11) is 0. The number of carbonyl (C=O) groups is 1. The number of hydrogen-bond donors (Lipinski definition) is 1. The zero-order valence-corrected chi connectivity index (χ0v) is 12.9. The van der Waals surface area contributed by atoms with Crippen molar-refractivity contribution >= 4 is 22.9 Å². The fourth-order valence-corrected chi connectivity index (χ4v) is 3.04. The van der Waals surface area contributed by atoms with Crippen LogP contribution in [0, 0.1) is 22.7 Å². The lowest BCUT2D eigenvalue weighted by Crippen LogP contribution is -2.16. The molecule has 0 aromatic carbocycles. The lowest BCUT2D eigenvalue weighted by atomic mass is 9.94. The van der Waals surface area contributed by atoms with Crippen molar-refractivity contribution in [3.8, 4) is 6.07 Å². The third kappa shape index (κ3) is 2.82. The summed E-state index contributed by atoms with van der Waals surface area (Å²) >= 11 is 1.46. The first-order valence-electron chi connectivity index (χ1n) is 6.50. The van der Waals surface area contributed by atoms with E-state index in [1.807, 2.05) is 6.07 Å². The highest BCUT2D eigenvalue weighted by Gasteiger charge is 2.50. The molecule has 1 aromatic rings. The summed E-state index contributed by atoms with van der Waals surface area (Å²) in [6, 6.07) is 4.12. The second kappa shape index (κ2) is 4.35. The Morgan fingerprint density at radius 2 is 2.11 bits per heavy atom. The van der Waals surface area contributed by atoms with Crippen molar-refractivity contribution < 1.29 is 4.79 Å². The summed E-state index contributed by atoms with van der Waals surface area (Å²) in [5.74, 6) is 0.122. The summed E-state index contributed by atoms with van der Waals surface area (Å²) < 4.78 is 0. The summed E-state index contributed by atoms with van der Waals surface area (Å²) in [6.45, 7) is 10.5. The van der Waals surface area contributed by atoms with Gasteiger partial charge in [-0.15, -0.1) is 11.3 Å². The maximum Gasteiger partial charge on any atom is 0.228 e. The molecule has 1 saturated carbocycles. The van der Waals surface area contributed by atoms with Crippen LogP contribution < -0.4 is 5.32 Å². The zero-order chi connectivity index (χ0) is 14.4. The van der Waals surface area contributed by atoms with E-state index in [-0.39, 0.29) is 22.7 Å². The van der Waals surface area contributed by atoms with Gasteiger partial charge in [-0.25, -0.2) is 0 Å². The Balaban J connectivity index is 2.19. The number of amides is 1. The molecule has 3 nitrogen and oxygen atoms in total. The molecule has 0 bridgehead atoms. The average molecular weight is 276 g/mol. The summed E-state index contributed by atoms with van der Waals surface area (Å²) in [6.07, 6.45) is 0.928. The fourth-order valence-electron chi connectivity index (χ4n) is 2.07. The lowest BCUT2D eigenvalue weighted by molar-refractivity contribution is -0.118. The number of carbonyl (C=O) groups excluding carboxylic acids is 1. The smallest absolute Gasteiger partial charge is 0.228 e. The average Bonchev–Trinajstić information content (AvgIpc) is 2.72. The van der Waals surface area contributed by atoms with E-state index >= 15 is 0 Å². The van der Waals surface area contributed by atoms with Crippen molar-refractivity contribution in [3.63, 3.8) is 0 Å². The van der Waals surface area contributed by atoms with Gasteiger partial charge in [0.05, 0.1) is 5.69 Å². The molecule has 19 heavy (non-hydrogen) atoms. The van der Waals surface area contributed by atoms with E-state index in [0.717, 1.165) is 11.3 Å². The molecule has 4 heteroatoms. The molecule has 102 valence electrons. The maximum atomic E-state index is 12.1. The molecule has 0 unspecified atom stereocenters. The van der Waals surface area contributed by atoms with Crippen LogP contribution >= 0.6 is 11.3 Å². The topological polar surface area (TPSA) is 52.9 Å². The van der Waals surface area contributed by atoms with Crippen LogP contribution in [0.1, 0.15) is 50.8 Å². The van der Waals surface area contributed by atoms with Crippen LogP contribution in [0.4, 0.5) is 5.69 Å². The molecule has 1 atom stereocenters. The van der Waals surface area contributed by atoms with Gasteiger partial charge in [-0.1, -0.05) is 34.6 Å². The van der Waals surface area contributed by atoms with Gasteiger partial charge in [-0.3, -0.25) is 4.79 Å². The quantitative estimate of drug-likeness (QED) is 0.890. The molecule has 2 rings (SSSR count). The Kier molecular flexibility index (Phi) is 3.22. The lowest BCUT2D eigenvalue weighted by Gasteiger charge is -2.15. The van der Waals surface area contributed by atoms with E-state index in [9.17, 15) is 10.1 Å². The SMILES string of the molecule is CC(C)(C)c1cc(NC(=O)[C@H]2CC2(C)C)c(C#N)s1. The number of rotatable bonds is 2. The molecule has 1 N–H and O–H groups in total. The summed E-state index contributed by atoms with van der Waals surface area (Å²) in [4.78, 5) is 13.8. The molecule has 0 spiro atoms. The number of nitrogens with zero attached hydrogens (tertiary/aromatic N) is 1. The molecule has 1 amide bonds. The Labute approximate surface area is 118 Å². The highest BCUT2D eigenvalue weighted by molar-refractivity contribution is 7.13. The molecule has 1 aromatic heterocycles. The van der Waals surface area contributed by atoms with Crippen LogP contribution in [0.15, 0.2) is 6.07 Å². The van der Waals surface area contributed by atoms with Gasteiger partial charge in [-0.05, 0) is 23.3 Å². The van der Waals surface area contributed by atoms with Crippen LogP contribution in [0.2, 0.25) is 0 Å². The minimum atomic E-state index is -0.00189. The van der Waals surface area contributed by atoms with Crippen LogP contribution in [0.5, 0.6) is 0 Å². The molecular formula is C15H20N2OS. The van der Waals surface area contributed by atoms with Gasteiger partial charge in [0.2, 0.25) is 5.91 Å². The predicted molar refractivity (Wildman–Crippen MR) is 78.3 cm³/mol. The number of nitrogens with one attached hydrogen (secondary N) is 1. The van der Waals surface area contributed by atoms with Crippen molar-refractivity contribution in [1.82, 2.24) is 0 Å². The van der Waals surface area contributed by atoms with Gasteiger partial charge in [0.25, 0.3) is 0 Å². The van der Waals surface area contributed by atoms with Crippen LogP contribution in [0.25, 0.3) is 0 Å². The van der Waals surface area contributed by atoms with E-state index in [1.165, 1.54) is 11.3 Å². The van der Waals surface area contributed by atoms with Crippen molar-refractivity contribution in [3.05, 3.63) is 15.8 Å². The minimum absolute atomic E-state index is 0.00189. The van der Waals surface area contributed by atoms with Crippen molar-refractivity contribution in [1.29, 1.82) is 5.26 Å². The van der Waals surface area contributed by atoms with Crippen molar-refractivity contribution in [2.24, 2.45) is 11.3 Å². The second-order valence-electron chi connectivity index (χ2n) is 6.95. The third-order valence-electron chi connectivity index (χ3n) is 3.66. The monoisotopic (exact) mass is 276 g/mol. The summed E-state index contributed by atoms with van der Waals surface area (Å²) in [5, 5.41) is 12.1. The highest BCUT2D eigenvalue weighted by atomic mass is 32.1. The van der Waals surface area contributed by atoms with Gasteiger partial charge in [0, 0.05) is 10.8 Å². The summed E-state index contributed by atoms with van der Waals surface area (Å²) in [5.41, 5.74) is 0.780. The molecular weight excluding hydrogens is 256 g/mol. The first-order valence-corrected chi connectivity index (χ1v) is 7.32. The Morgan fingerprint density at radius 1 is 1.53 bits per heavy atom. The number of anilines is 1. The Morgan fingerprint density at radius 3 is 2.53 bits per heavy atom. The molecule has 1 fully saturated rings. The van der Waals surface area contributed by atoms with E-state index < -0.39 is 0 Å². The molecule has 0 radical (unpaired) electrons. The normalized spacial score (nSPS) is 20.7. The highest BCUT2D eigenvalue weighted by Crippen LogP contribution is 2.52. The second-order valence-corrected chi connectivity index (χ2v) is 8.00. The number of nitriles is 1. The van der Waals surface area contributed by atoms with Gasteiger partial charge in [-0.2, -0.15) is 5.26 Å². The van der Waals surface area contributed by atoms with Gasteiger partial charge >= 0.3 is 0 Å². The Bertz CT molecular complexity index is 558. The van der Waals surface area contributed by atoms with Crippen LogP contribution in [-0.2, 0) is 10.2 Å². The molecule has 1 aliphatic rings. The molecule has 0 aliphatic heterocycles. The zero-order valence-electron chi connectivity index (χ0n) is 12.1. The van der Waals surface area contributed by atoms with Crippen molar-refractivity contribution in [2.75, 3.05) is 5.32 Å². The maximum absolute atomic E-state index is 12.1. The van der Waals surface area contributed by atoms with E-state index in [0.29, 0.717) is 10.6 Å². The van der Waals surface area contributed by atoms with Gasteiger partial charge in [0.1, 0.15) is 10.9 Å². The van der Waals surface area contributed by atoms with Crippen LogP contribution in [-0.4, -0.2) is 5.91 Å². The molecule has 1 heterocycles. The van der Waals surface area contributed by atoms with E-state index in [4.69, 9.17) is 0 Å². The first kappa shape index (κ1) is 14.1. The van der Waals surface area contributed by atoms with Crippen molar-refractivity contribution in [2.45, 2.75) is 46.5 Å². The van der Waals surface area contributed by atoms with E-state index in [2.05, 4.69) is 46.0 Å². The van der Waals surface area contributed by atoms with Gasteiger partial charge < -0.3 is 5.32 Å². The standard InChI is InChI=1S/C15H20N2OS/c1-14(2,3)12-6-10(11(8-16)19-12)17-13(18)9-7-15(9,4)5/h6,9H,7H2,1-5H3,(H,17,18)/t9-/m1/s1. The number of thiophene rings is 1. The third-order valence-corrected chi connectivity index (χ3v) is 5.13. The Hall–Kier alpha value is -1.34. The van der Waals surface area contributed by atoms with Gasteiger partial charge in [0.15, 0.2) is 0 Å². The minimum Gasteiger partial charge on any atom is -0.324 e. The fraction of sp³-hybridized carbons (Fsp3) is 0.600. The first-order chi connectivity index (χ1) is 8.65. The predicted octanol–water partition coefficient (Wildman–Crippen LogP) is 3.90. The van der Waals surface area contributed by atoms with E-state index in [1.54, 1.807) is 0 Å². The van der Waals surface area contributed by atoms with Crippen LogP contribution in [0.3, 0.4) is 0 Å². The molecule has 1 aliphatic carbocycles.